The summed E-state index contributed by atoms with van der Waals surface area (Å²) in [7, 11) is 0. The van der Waals surface area contributed by atoms with Gasteiger partial charge in [-0.05, 0) is 26.3 Å². The van der Waals surface area contributed by atoms with Gasteiger partial charge < -0.3 is 5.73 Å². The van der Waals surface area contributed by atoms with E-state index < -0.39 is 11.1 Å². The zero-order valence-electron chi connectivity index (χ0n) is 8.86. The lowest BCUT2D eigenvalue weighted by molar-refractivity contribution is -0.403. The monoisotopic (exact) mass is 208 g/mol. The fourth-order valence-corrected chi connectivity index (χ4v) is 1.61. The minimum absolute atomic E-state index is 0.497. The number of hydrogen-bond acceptors (Lipinski definition) is 5. The van der Waals surface area contributed by atoms with Gasteiger partial charge in [0.15, 0.2) is 11.9 Å². The molecule has 0 bridgehead atoms. The van der Waals surface area contributed by atoms with E-state index in [2.05, 4.69) is 16.3 Å². The Morgan fingerprint density at radius 2 is 2.33 bits per heavy atom. The Kier molecular flexibility index (Phi) is 2.46. The number of nitrogens with two attached hydrogens (primary N) is 1. The first-order valence-corrected chi connectivity index (χ1v) is 4.85. The quantitative estimate of drug-likeness (QED) is 0.683. The van der Waals surface area contributed by atoms with Crippen LogP contribution < -0.4 is 5.73 Å². The van der Waals surface area contributed by atoms with Gasteiger partial charge in [0.25, 0.3) is 0 Å². The van der Waals surface area contributed by atoms with Gasteiger partial charge >= 0.3 is 0 Å². The van der Waals surface area contributed by atoms with E-state index >= 15 is 0 Å². The molecule has 1 aliphatic heterocycles. The molecule has 1 saturated heterocycles. The van der Waals surface area contributed by atoms with Crippen molar-refractivity contribution in [2.75, 3.05) is 6.61 Å². The molecule has 1 fully saturated rings. The van der Waals surface area contributed by atoms with Crippen molar-refractivity contribution in [3.8, 4) is 0 Å². The first kappa shape index (κ1) is 10.5. The first-order chi connectivity index (χ1) is 7.06. The highest BCUT2D eigenvalue weighted by molar-refractivity contribution is 5.17. The number of hydrogen-bond donors (Lipinski definition) is 1. The molecule has 2 N–H and O–H groups in total. The molecule has 2 rings (SSSR count). The lowest BCUT2D eigenvalue weighted by Crippen LogP contribution is -2.59. The molecule has 1 aromatic rings. The molecular formula is C10H14N3O2. The zero-order chi connectivity index (χ0) is 10.9. The van der Waals surface area contributed by atoms with Crippen molar-refractivity contribution in [2.24, 2.45) is 5.73 Å². The highest BCUT2D eigenvalue weighted by atomic mass is 17.2. The molecule has 0 saturated carbocycles. The lowest BCUT2D eigenvalue weighted by atomic mass is 9.78. The molecule has 15 heavy (non-hydrogen) atoms. The molecule has 0 amide bonds. The van der Waals surface area contributed by atoms with E-state index in [9.17, 15) is 0 Å². The summed E-state index contributed by atoms with van der Waals surface area (Å²) in [5.74, 6) is 0. The van der Waals surface area contributed by atoms with Crippen molar-refractivity contribution in [1.29, 1.82) is 0 Å². The fraction of sp³-hybridized carbons (Fsp3) is 0.600. The van der Waals surface area contributed by atoms with Gasteiger partial charge in [0, 0.05) is 6.20 Å². The average molecular weight is 208 g/mol. The Morgan fingerprint density at radius 3 is 2.93 bits per heavy atom. The Labute approximate surface area is 88.6 Å². The van der Waals surface area contributed by atoms with E-state index in [0.717, 1.165) is 0 Å². The van der Waals surface area contributed by atoms with Crippen LogP contribution in [-0.4, -0.2) is 22.1 Å². The fourth-order valence-electron chi connectivity index (χ4n) is 1.61. The Balaban J connectivity index is 2.40. The van der Waals surface area contributed by atoms with Crippen LogP contribution in [0.1, 0.15) is 26.0 Å². The minimum Gasteiger partial charge on any atom is -0.322 e. The van der Waals surface area contributed by atoms with E-state index in [-0.39, 0.29) is 0 Å². The number of nitrogens with zero attached hydrogens (tertiary/aromatic N) is 2. The molecule has 1 radical (unpaired) electrons. The van der Waals surface area contributed by atoms with Gasteiger partial charge in [0.1, 0.15) is 0 Å². The smallest absolute Gasteiger partial charge is 0.198 e. The van der Waals surface area contributed by atoms with Crippen LogP contribution in [0.4, 0.5) is 0 Å². The van der Waals surface area contributed by atoms with Crippen LogP contribution in [0.25, 0.3) is 0 Å². The maximum absolute atomic E-state index is 6.21. The second-order valence-corrected chi connectivity index (χ2v) is 4.15. The van der Waals surface area contributed by atoms with Crippen LogP contribution in [0.3, 0.4) is 0 Å². The van der Waals surface area contributed by atoms with Gasteiger partial charge in [-0.15, -0.1) is 0 Å². The third-order valence-electron chi connectivity index (χ3n) is 3.04. The summed E-state index contributed by atoms with van der Waals surface area (Å²) in [5.41, 5.74) is 5.61. The van der Waals surface area contributed by atoms with Crippen molar-refractivity contribution >= 4 is 0 Å². The minimum atomic E-state index is -0.759. The van der Waals surface area contributed by atoms with E-state index in [1.807, 2.05) is 13.8 Å². The van der Waals surface area contributed by atoms with Crippen molar-refractivity contribution in [1.82, 2.24) is 9.97 Å². The van der Waals surface area contributed by atoms with Crippen molar-refractivity contribution in [3.63, 3.8) is 0 Å². The summed E-state index contributed by atoms with van der Waals surface area (Å²) in [6.07, 6.45) is 4.86. The average Bonchev–Trinajstić information content (AvgIpc) is 2.24. The third kappa shape index (κ3) is 1.62. The van der Waals surface area contributed by atoms with Crippen molar-refractivity contribution < 1.29 is 9.78 Å². The van der Waals surface area contributed by atoms with E-state index in [1.165, 1.54) is 0 Å². The summed E-state index contributed by atoms with van der Waals surface area (Å²) in [6, 6.07) is 1.76. The molecule has 1 aromatic heterocycles. The number of aromatic nitrogens is 2. The topological polar surface area (TPSA) is 70.3 Å². The van der Waals surface area contributed by atoms with Crippen LogP contribution in [0.15, 0.2) is 12.3 Å². The highest BCUT2D eigenvalue weighted by Gasteiger charge is 2.49. The molecule has 2 heterocycles. The third-order valence-corrected chi connectivity index (χ3v) is 3.04. The Bertz CT molecular complexity index is 342. The second-order valence-electron chi connectivity index (χ2n) is 4.15. The normalized spacial score (nSPS) is 36.5. The maximum atomic E-state index is 6.21. The summed E-state index contributed by atoms with van der Waals surface area (Å²) in [4.78, 5) is 18.1. The second kappa shape index (κ2) is 3.52. The first-order valence-electron chi connectivity index (χ1n) is 4.85. The van der Waals surface area contributed by atoms with Gasteiger partial charge in [-0.3, -0.25) is 0 Å². The summed E-state index contributed by atoms with van der Waals surface area (Å²) < 4.78 is 0. The highest BCUT2D eigenvalue weighted by Crippen LogP contribution is 2.38. The standard InChI is InChI=1S/C10H14N3O2/c1-9(11)4-6-14-15-10(9,2)8-3-5-12-7-13-8/h3,5H,4,6,11H2,1-2H3. The molecule has 0 aromatic carbocycles. The Hall–Kier alpha value is -1.04. The van der Waals surface area contributed by atoms with Crippen molar-refractivity contribution in [2.45, 2.75) is 31.4 Å². The van der Waals surface area contributed by atoms with Crippen molar-refractivity contribution in [3.05, 3.63) is 24.3 Å². The van der Waals surface area contributed by atoms with Gasteiger partial charge in [-0.2, -0.15) is 0 Å². The van der Waals surface area contributed by atoms with Crippen LogP contribution in [0.5, 0.6) is 0 Å². The summed E-state index contributed by atoms with van der Waals surface area (Å²) in [5, 5.41) is 0. The zero-order valence-corrected chi connectivity index (χ0v) is 8.86. The molecule has 1 aliphatic rings. The van der Waals surface area contributed by atoms with Crippen LogP contribution >= 0.6 is 0 Å². The van der Waals surface area contributed by atoms with E-state index in [4.69, 9.17) is 15.5 Å². The predicted octanol–water partition coefficient (Wildman–Crippen LogP) is 0.561. The van der Waals surface area contributed by atoms with Crippen LogP contribution in [0.2, 0.25) is 0 Å². The van der Waals surface area contributed by atoms with E-state index in [0.29, 0.717) is 18.7 Å². The van der Waals surface area contributed by atoms with Crippen LogP contribution in [-0.2, 0) is 15.4 Å². The predicted molar refractivity (Wildman–Crippen MR) is 52.5 cm³/mol. The maximum Gasteiger partial charge on any atom is 0.198 e. The molecular weight excluding hydrogens is 194 g/mol. The molecule has 81 valence electrons. The molecule has 0 spiro atoms. The van der Waals surface area contributed by atoms with Gasteiger partial charge in [0.2, 0.25) is 0 Å². The molecule has 5 nitrogen and oxygen atoms in total. The molecule has 2 atom stereocenters. The Morgan fingerprint density at radius 1 is 1.53 bits per heavy atom. The molecule has 0 aliphatic carbocycles. The van der Waals surface area contributed by atoms with Gasteiger partial charge in [-0.1, -0.05) is 0 Å². The van der Waals surface area contributed by atoms with Crippen LogP contribution in [0, 0.1) is 6.33 Å². The molecule has 2 unspecified atom stereocenters. The number of rotatable bonds is 1. The van der Waals surface area contributed by atoms with Gasteiger partial charge in [0.05, 0.1) is 17.8 Å². The molecule has 5 heteroatoms. The SMILES string of the molecule is CC1(N)CCOOC1(C)c1ccn[c]n1. The summed E-state index contributed by atoms with van der Waals surface area (Å²) in [6.45, 7) is 4.29. The largest absolute Gasteiger partial charge is 0.322 e. The summed E-state index contributed by atoms with van der Waals surface area (Å²) >= 11 is 0. The van der Waals surface area contributed by atoms with Gasteiger partial charge in [-0.25, -0.2) is 19.7 Å². The lowest BCUT2D eigenvalue weighted by Gasteiger charge is -2.44. The van der Waals surface area contributed by atoms with E-state index in [1.54, 1.807) is 12.3 Å².